The summed E-state index contributed by atoms with van der Waals surface area (Å²) in [4.78, 5) is 23.3. The van der Waals surface area contributed by atoms with Crippen LogP contribution in [0.3, 0.4) is 0 Å². The average molecular weight is 204 g/mol. The van der Waals surface area contributed by atoms with Crippen LogP contribution in [0.2, 0.25) is 0 Å². The van der Waals surface area contributed by atoms with E-state index in [4.69, 9.17) is 0 Å². The van der Waals surface area contributed by atoms with Crippen molar-refractivity contribution in [2.24, 2.45) is 5.18 Å². The van der Waals surface area contributed by atoms with Crippen molar-refractivity contribution in [3.63, 3.8) is 0 Å². The van der Waals surface area contributed by atoms with Crippen LogP contribution in [0.25, 0.3) is 0 Å². The maximum Gasteiger partial charge on any atom is 0.275 e. The van der Waals surface area contributed by atoms with Crippen LogP contribution in [0.5, 0.6) is 0 Å². The molecule has 6 nitrogen and oxygen atoms in total. The van der Waals surface area contributed by atoms with Gasteiger partial charge >= 0.3 is 0 Å². The molecule has 0 saturated carbocycles. The smallest absolute Gasteiger partial charge is 0.258 e. The molecular formula is C6H6ClN3O3. The van der Waals surface area contributed by atoms with Crippen molar-refractivity contribution in [3.8, 4) is 0 Å². The Morgan fingerprint density at radius 1 is 1.54 bits per heavy atom. The molecule has 0 N–H and O–H groups in total. The van der Waals surface area contributed by atoms with E-state index >= 15 is 0 Å². The molecule has 1 aromatic heterocycles. The Labute approximate surface area is 79.5 Å². The maximum atomic E-state index is 10.3. The minimum Gasteiger partial charge on any atom is -0.258 e. The fourth-order valence-corrected chi connectivity index (χ4v) is 0.785. The van der Waals surface area contributed by atoms with E-state index in [1.54, 1.807) is 6.92 Å². The van der Waals surface area contributed by atoms with E-state index < -0.39 is 4.92 Å². The Morgan fingerprint density at radius 2 is 2.15 bits per heavy atom. The number of aromatic nitrogens is 1. The van der Waals surface area contributed by atoms with Gasteiger partial charge in [-0.05, 0) is 12.1 Å². The van der Waals surface area contributed by atoms with E-state index in [2.05, 4.69) is 10.2 Å². The van der Waals surface area contributed by atoms with E-state index in [0.717, 1.165) is 6.07 Å². The summed E-state index contributed by atoms with van der Waals surface area (Å²) in [6.07, 6.45) is 0. The SMILES string of the molecule is Cc1cc([N+](=O)[O-])cc(N=O)n1.Cl. The zero-order valence-electron chi connectivity index (χ0n) is 6.63. The van der Waals surface area contributed by atoms with Crippen molar-refractivity contribution >= 4 is 23.9 Å². The van der Waals surface area contributed by atoms with Crippen molar-refractivity contribution in [2.45, 2.75) is 6.92 Å². The van der Waals surface area contributed by atoms with Gasteiger partial charge in [-0.15, -0.1) is 17.3 Å². The molecule has 0 atom stereocenters. The number of aryl methyl sites for hydroxylation is 1. The molecule has 0 aliphatic rings. The topological polar surface area (TPSA) is 85.5 Å². The van der Waals surface area contributed by atoms with Crippen LogP contribution in [0.15, 0.2) is 17.3 Å². The average Bonchev–Trinajstić information content (AvgIpc) is 2.03. The largest absolute Gasteiger partial charge is 0.275 e. The molecule has 0 spiro atoms. The lowest BCUT2D eigenvalue weighted by Gasteiger charge is -1.93. The molecule has 0 fully saturated rings. The van der Waals surface area contributed by atoms with E-state index in [0.29, 0.717) is 5.69 Å². The summed E-state index contributed by atoms with van der Waals surface area (Å²) in [6, 6.07) is 2.30. The second kappa shape index (κ2) is 4.46. The summed E-state index contributed by atoms with van der Waals surface area (Å²) in [7, 11) is 0. The third kappa shape index (κ3) is 2.75. The van der Waals surface area contributed by atoms with Gasteiger partial charge in [0.25, 0.3) is 5.69 Å². The quantitative estimate of drug-likeness (QED) is 0.419. The lowest BCUT2D eigenvalue weighted by Crippen LogP contribution is -1.90. The monoisotopic (exact) mass is 203 g/mol. The Hall–Kier alpha value is -1.56. The number of halogens is 1. The Bertz CT molecular complexity index is 342. The number of pyridine rings is 1. The second-order valence-corrected chi connectivity index (χ2v) is 2.17. The normalized spacial score (nSPS) is 8.69. The van der Waals surface area contributed by atoms with Gasteiger partial charge in [0, 0.05) is 11.8 Å². The molecule has 0 amide bonds. The van der Waals surface area contributed by atoms with Gasteiger partial charge in [0.2, 0.25) is 5.82 Å². The van der Waals surface area contributed by atoms with Crippen LogP contribution < -0.4 is 0 Å². The summed E-state index contributed by atoms with van der Waals surface area (Å²) in [6.45, 7) is 1.56. The molecule has 0 radical (unpaired) electrons. The third-order valence-corrected chi connectivity index (χ3v) is 1.23. The summed E-state index contributed by atoms with van der Waals surface area (Å²) in [5, 5.41) is 12.8. The van der Waals surface area contributed by atoms with Crippen molar-refractivity contribution in [1.82, 2.24) is 4.98 Å². The van der Waals surface area contributed by atoms with E-state index in [1.165, 1.54) is 6.07 Å². The summed E-state index contributed by atoms with van der Waals surface area (Å²) < 4.78 is 0. The molecule has 7 heteroatoms. The zero-order chi connectivity index (χ0) is 9.14. The minimum absolute atomic E-state index is 0. The molecular weight excluding hydrogens is 198 g/mol. The Balaban J connectivity index is 0.00000144. The van der Waals surface area contributed by atoms with Gasteiger partial charge in [-0.1, -0.05) is 0 Å². The van der Waals surface area contributed by atoms with Crippen LogP contribution in [0.4, 0.5) is 11.5 Å². The van der Waals surface area contributed by atoms with Gasteiger partial charge in [-0.3, -0.25) is 10.1 Å². The van der Waals surface area contributed by atoms with Crippen molar-refractivity contribution in [1.29, 1.82) is 0 Å². The Kier molecular flexibility index (Phi) is 3.93. The zero-order valence-corrected chi connectivity index (χ0v) is 7.45. The van der Waals surface area contributed by atoms with Crippen LogP contribution in [0, 0.1) is 21.9 Å². The molecule has 1 aromatic rings. The number of nitro groups is 1. The molecule has 0 aromatic carbocycles. The van der Waals surface area contributed by atoms with Crippen LogP contribution in [-0.2, 0) is 0 Å². The highest BCUT2D eigenvalue weighted by Crippen LogP contribution is 2.18. The van der Waals surface area contributed by atoms with Gasteiger partial charge in [-0.25, -0.2) is 4.98 Å². The molecule has 13 heavy (non-hydrogen) atoms. The highest BCUT2D eigenvalue weighted by molar-refractivity contribution is 5.85. The highest BCUT2D eigenvalue weighted by atomic mass is 35.5. The molecule has 0 aliphatic heterocycles. The van der Waals surface area contributed by atoms with E-state index in [1.807, 2.05) is 0 Å². The summed E-state index contributed by atoms with van der Waals surface area (Å²) >= 11 is 0. The van der Waals surface area contributed by atoms with Crippen LogP contribution in [-0.4, -0.2) is 9.91 Å². The van der Waals surface area contributed by atoms with Gasteiger partial charge in [0.05, 0.1) is 11.0 Å². The van der Waals surface area contributed by atoms with Crippen molar-refractivity contribution in [3.05, 3.63) is 32.8 Å². The molecule has 0 saturated heterocycles. The Morgan fingerprint density at radius 3 is 2.62 bits per heavy atom. The fourth-order valence-electron chi connectivity index (χ4n) is 0.785. The van der Waals surface area contributed by atoms with E-state index in [-0.39, 0.29) is 23.9 Å². The molecule has 1 heterocycles. The number of nitroso groups, excluding NO2 is 1. The molecule has 0 bridgehead atoms. The fraction of sp³-hybridized carbons (Fsp3) is 0.167. The third-order valence-electron chi connectivity index (χ3n) is 1.23. The predicted molar refractivity (Wildman–Crippen MR) is 48.3 cm³/mol. The minimum atomic E-state index is -0.594. The number of hydrogen-bond donors (Lipinski definition) is 0. The molecule has 0 aliphatic carbocycles. The lowest BCUT2D eigenvalue weighted by atomic mass is 10.3. The lowest BCUT2D eigenvalue weighted by molar-refractivity contribution is -0.384. The van der Waals surface area contributed by atoms with Gasteiger partial charge < -0.3 is 0 Å². The van der Waals surface area contributed by atoms with Gasteiger partial charge in [-0.2, -0.15) is 0 Å². The summed E-state index contributed by atoms with van der Waals surface area (Å²) in [5.74, 6) is -0.165. The predicted octanol–water partition coefficient (Wildman–Crippen LogP) is 2.12. The van der Waals surface area contributed by atoms with Gasteiger partial charge in [0.1, 0.15) is 0 Å². The van der Waals surface area contributed by atoms with Gasteiger partial charge in [0.15, 0.2) is 0 Å². The van der Waals surface area contributed by atoms with Crippen molar-refractivity contribution in [2.75, 3.05) is 0 Å². The molecule has 1 rings (SSSR count). The van der Waals surface area contributed by atoms with Crippen LogP contribution in [0.1, 0.15) is 5.69 Å². The molecule has 70 valence electrons. The van der Waals surface area contributed by atoms with Crippen molar-refractivity contribution < 1.29 is 4.92 Å². The highest BCUT2D eigenvalue weighted by Gasteiger charge is 2.08. The first-order chi connectivity index (χ1) is 5.63. The summed E-state index contributed by atoms with van der Waals surface area (Å²) in [5.41, 5.74) is 0.232. The van der Waals surface area contributed by atoms with E-state index in [9.17, 15) is 15.0 Å². The first-order valence-corrected chi connectivity index (χ1v) is 3.10. The number of rotatable bonds is 2. The maximum absolute atomic E-state index is 10.3. The van der Waals surface area contributed by atoms with Crippen LogP contribution >= 0.6 is 12.4 Å². The number of nitrogens with zero attached hydrogens (tertiary/aromatic N) is 3. The standard InChI is InChI=1S/C6H5N3O3.ClH/c1-4-2-5(9(11)12)3-6(7-4)8-10;/h2-3H,1H3;1H. The first-order valence-electron chi connectivity index (χ1n) is 3.10. The molecule has 0 unspecified atom stereocenters. The number of hydrogen-bond acceptors (Lipinski definition) is 5. The second-order valence-electron chi connectivity index (χ2n) is 2.17. The first kappa shape index (κ1) is 11.4.